The van der Waals surface area contributed by atoms with Gasteiger partial charge in [-0.25, -0.2) is 0 Å². The highest BCUT2D eigenvalue weighted by Crippen LogP contribution is 2.29. The summed E-state index contributed by atoms with van der Waals surface area (Å²) in [6.45, 7) is 13.6. The molecule has 0 rings (SSSR count). The van der Waals surface area contributed by atoms with Crippen LogP contribution in [0.15, 0.2) is 12.2 Å². The van der Waals surface area contributed by atoms with Gasteiger partial charge in [0.25, 0.3) is 0 Å². The van der Waals surface area contributed by atoms with Gasteiger partial charge in [0.15, 0.2) is 0 Å². The van der Waals surface area contributed by atoms with Crippen LogP contribution in [0, 0.1) is 0 Å². The molecule has 0 saturated heterocycles. The van der Waals surface area contributed by atoms with Crippen molar-refractivity contribution in [3.05, 3.63) is 12.2 Å². The third-order valence-electron chi connectivity index (χ3n) is 3.29. The highest BCUT2D eigenvalue weighted by atomic mass is 28.3. The lowest BCUT2D eigenvalue weighted by atomic mass is 10.3. The third kappa shape index (κ3) is 4.11. The van der Waals surface area contributed by atoms with Crippen molar-refractivity contribution in [3.63, 3.8) is 0 Å². The van der Waals surface area contributed by atoms with Crippen LogP contribution in [0.3, 0.4) is 0 Å². The minimum Gasteiger partial charge on any atom is -0.305 e. The minimum atomic E-state index is -1.18. The molecule has 0 aliphatic carbocycles. The fourth-order valence-corrected chi connectivity index (χ4v) is 8.72. The molecule has 0 aromatic rings. The number of hydrogen-bond acceptors (Lipinski definition) is 1. The Balaban J connectivity index is 4.90. The number of rotatable bonds is 7. The first-order chi connectivity index (χ1) is 6.89. The van der Waals surface area contributed by atoms with Crippen LogP contribution < -0.4 is 0 Å². The van der Waals surface area contributed by atoms with Gasteiger partial charge in [0.2, 0.25) is 0 Å². The molecular weight excluding hydrogens is 198 g/mol. The summed E-state index contributed by atoms with van der Waals surface area (Å²) in [7, 11) is 3.23. The maximum Gasteiger partial charge on any atom is 0.0750 e. The SMILES string of the molecule is C=C(C)C(N(C)C)[Si](C)(CCC)CCC. The zero-order chi connectivity index (χ0) is 12.1. The molecule has 0 aliphatic rings. The van der Waals surface area contributed by atoms with Crippen LogP contribution in [0.2, 0.25) is 18.6 Å². The molecule has 0 radical (unpaired) electrons. The topological polar surface area (TPSA) is 3.24 Å². The first-order valence-electron chi connectivity index (χ1n) is 6.20. The summed E-state index contributed by atoms with van der Waals surface area (Å²) < 4.78 is 0. The van der Waals surface area contributed by atoms with Gasteiger partial charge in [0.1, 0.15) is 0 Å². The molecule has 2 heteroatoms. The smallest absolute Gasteiger partial charge is 0.0750 e. The van der Waals surface area contributed by atoms with Crippen LogP contribution in [0.5, 0.6) is 0 Å². The van der Waals surface area contributed by atoms with E-state index in [1.165, 1.54) is 30.5 Å². The molecule has 0 fully saturated rings. The fraction of sp³-hybridized carbons (Fsp3) is 0.846. The largest absolute Gasteiger partial charge is 0.305 e. The molecule has 15 heavy (non-hydrogen) atoms. The van der Waals surface area contributed by atoms with Gasteiger partial charge in [-0.05, 0) is 21.0 Å². The van der Waals surface area contributed by atoms with Gasteiger partial charge in [0, 0.05) is 5.67 Å². The molecule has 0 spiro atoms. The van der Waals surface area contributed by atoms with E-state index in [2.05, 4.69) is 52.9 Å². The van der Waals surface area contributed by atoms with Gasteiger partial charge in [0.05, 0.1) is 8.07 Å². The van der Waals surface area contributed by atoms with Crippen molar-refractivity contribution in [2.75, 3.05) is 14.1 Å². The molecule has 0 amide bonds. The van der Waals surface area contributed by atoms with Crippen LogP contribution in [-0.4, -0.2) is 32.7 Å². The van der Waals surface area contributed by atoms with Crippen LogP contribution in [-0.2, 0) is 0 Å². The summed E-state index contributed by atoms with van der Waals surface area (Å²) >= 11 is 0. The van der Waals surface area contributed by atoms with Crippen molar-refractivity contribution < 1.29 is 0 Å². The first kappa shape index (κ1) is 14.9. The second kappa shape index (κ2) is 6.49. The molecule has 0 heterocycles. The van der Waals surface area contributed by atoms with E-state index in [-0.39, 0.29) is 0 Å². The molecule has 0 aromatic carbocycles. The summed E-state index contributed by atoms with van der Waals surface area (Å²) in [5.41, 5.74) is 2.01. The Morgan fingerprint density at radius 1 is 1.20 bits per heavy atom. The van der Waals surface area contributed by atoms with Crippen LogP contribution in [0.25, 0.3) is 0 Å². The maximum atomic E-state index is 4.20. The summed E-state index contributed by atoms with van der Waals surface area (Å²) in [5.74, 6) is 0. The first-order valence-corrected chi connectivity index (χ1v) is 9.20. The monoisotopic (exact) mass is 227 g/mol. The Labute approximate surface area is 97.6 Å². The maximum absolute atomic E-state index is 4.20. The van der Waals surface area contributed by atoms with E-state index in [9.17, 15) is 0 Å². The Morgan fingerprint density at radius 2 is 1.60 bits per heavy atom. The molecule has 0 N–H and O–H groups in total. The van der Waals surface area contributed by atoms with Gasteiger partial charge in [-0.3, -0.25) is 0 Å². The van der Waals surface area contributed by atoms with Gasteiger partial charge in [-0.2, -0.15) is 0 Å². The van der Waals surface area contributed by atoms with Crippen LogP contribution in [0.4, 0.5) is 0 Å². The second-order valence-corrected chi connectivity index (χ2v) is 10.2. The van der Waals surface area contributed by atoms with Crippen LogP contribution in [0.1, 0.15) is 33.6 Å². The lowest BCUT2D eigenvalue weighted by Gasteiger charge is -2.40. The molecule has 0 bridgehead atoms. The minimum absolute atomic E-state index is 0.650. The van der Waals surface area contributed by atoms with E-state index in [4.69, 9.17) is 0 Å². The lowest BCUT2D eigenvalue weighted by molar-refractivity contribution is 0.394. The van der Waals surface area contributed by atoms with E-state index in [1.54, 1.807) is 0 Å². The average Bonchev–Trinajstić information content (AvgIpc) is 2.02. The van der Waals surface area contributed by atoms with Gasteiger partial charge < -0.3 is 4.90 Å². The predicted octanol–water partition coefficient (Wildman–Crippen LogP) is 3.93. The van der Waals surface area contributed by atoms with E-state index in [0.29, 0.717) is 5.67 Å². The Bertz CT molecular complexity index is 193. The highest BCUT2D eigenvalue weighted by Gasteiger charge is 2.36. The Morgan fingerprint density at radius 3 is 1.80 bits per heavy atom. The molecule has 0 saturated carbocycles. The highest BCUT2D eigenvalue weighted by molar-refractivity contribution is 6.80. The summed E-state index contributed by atoms with van der Waals surface area (Å²) in [6, 6.07) is 2.85. The van der Waals surface area contributed by atoms with Crippen molar-refractivity contribution in [2.24, 2.45) is 0 Å². The molecule has 1 atom stereocenters. The summed E-state index contributed by atoms with van der Waals surface area (Å²) in [5, 5.41) is 0. The second-order valence-electron chi connectivity index (χ2n) is 5.37. The van der Waals surface area contributed by atoms with Crippen molar-refractivity contribution in [3.8, 4) is 0 Å². The molecule has 1 nitrogen and oxygen atoms in total. The molecule has 0 aromatic heterocycles. The van der Waals surface area contributed by atoms with Gasteiger partial charge >= 0.3 is 0 Å². The summed E-state index contributed by atoms with van der Waals surface area (Å²) in [4.78, 5) is 2.39. The Hall–Kier alpha value is -0.0831. The third-order valence-corrected chi connectivity index (χ3v) is 8.90. The van der Waals surface area contributed by atoms with E-state index in [0.717, 1.165) is 0 Å². The molecule has 90 valence electrons. The number of nitrogens with zero attached hydrogens (tertiary/aromatic N) is 1. The van der Waals surface area contributed by atoms with Crippen molar-refractivity contribution >= 4 is 8.07 Å². The average molecular weight is 227 g/mol. The quantitative estimate of drug-likeness (QED) is 0.470. The van der Waals surface area contributed by atoms with Crippen molar-refractivity contribution in [1.82, 2.24) is 4.90 Å². The molecular formula is C13H29NSi. The zero-order valence-corrected chi connectivity index (χ0v) is 12.6. The number of likely N-dealkylation sites (N-methyl/N-ethyl adjacent to an activating group) is 1. The van der Waals surface area contributed by atoms with Crippen LogP contribution >= 0.6 is 0 Å². The predicted molar refractivity (Wildman–Crippen MR) is 74.1 cm³/mol. The zero-order valence-electron chi connectivity index (χ0n) is 11.6. The van der Waals surface area contributed by atoms with Gasteiger partial charge in [-0.15, -0.1) is 0 Å². The van der Waals surface area contributed by atoms with E-state index < -0.39 is 8.07 Å². The van der Waals surface area contributed by atoms with Gasteiger partial charge in [-0.1, -0.05) is 57.5 Å². The fourth-order valence-electron chi connectivity index (χ4n) is 3.20. The van der Waals surface area contributed by atoms with Crippen molar-refractivity contribution in [2.45, 2.75) is 57.9 Å². The van der Waals surface area contributed by atoms with Crippen molar-refractivity contribution in [1.29, 1.82) is 0 Å². The normalized spacial score (nSPS) is 14.3. The number of hydrogen-bond donors (Lipinski definition) is 0. The molecule has 0 aliphatic heterocycles. The summed E-state index contributed by atoms with van der Waals surface area (Å²) in [6.07, 6.45) is 2.64. The Kier molecular flexibility index (Phi) is 6.45. The molecule has 1 unspecified atom stereocenters. The van der Waals surface area contributed by atoms with E-state index >= 15 is 0 Å². The standard InChI is InChI=1S/C13H29NSi/c1-8-10-15(7,11-9-2)13(12(3)4)14(5)6/h13H,3,8-11H2,1-2,4-7H3. The lowest BCUT2D eigenvalue weighted by Crippen LogP contribution is -2.52. The van der Waals surface area contributed by atoms with E-state index in [1.807, 2.05) is 0 Å².